The summed E-state index contributed by atoms with van der Waals surface area (Å²) in [4.78, 5) is 27.9. The van der Waals surface area contributed by atoms with Crippen LogP contribution >= 0.6 is 11.6 Å². The molecule has 3 atom stereocenters. The molecule has 0 bridgehead atoms. The van der Waals surface area contributed by atoms with Crippen LogP contribution < -0.4 is 5.32 Å². The summed E-state index contributed by atoms with van der Waals surface area (Å²) >= 11 is 6.10. The zero-order valence-electron chi connectivity index (χ0n) is 19.0. The van der Waals surface area contributed by atoms with Crippen molar-refractivity contribution in [2.24, 2.45) is 0 Å². The van der Waals surface area contributed by atoms with Crippen molar-refractivity contribution < 1.29 is 14.3 Å². The zero-order chi connectivity index (χ0) is 23.2. The van der Waals surface area contributed by atoms with Crippen molar-refractivity contribution >= 4 is 29.5 Å². The fraction of sp³-hybridized carbons (Fsp3) is 0.407. The Balaban J connectivity index is 1.42. The Kier molecular flexibility index (Phi) is 7.71. The van der Waals surface area contributed by atoms with Gasteiger partial charge in [0.2, 0.25) is 5.91 Å². The summed E-state index contributed by atoms with van der Waals surface area (Å²) in [5.41, 5.74) is 2.06. The van der Waals surface area contributed by atoms with E-state index in [0.29, 0.717) is 5.02 Å². The molecule has 5 nitrogen and oxygen atoms in total. The van der Waals surface area contributed by atoms with Crippen LogP contribution in [0, 0.1) is 0 Å². The van der Waals surface area contributed by atoms with E-state index in [1.54, 1.807) is 23.1 Å². The van der Waals surface area contributed by atoms with Crippen LogP contribution in [0.4, 0.5) is 0 Å². The normalized spacial score (nSPS) is 22.4. The lowest BCUT2D eigenvalue weighted by atomic mass is 9.89. The van der Waals surface area contributed by atoms with Crippen LogP contribution in [0.25, 0.3) is 6.08 Å². The second kappa shape index (κ2) is 10.9. The number of carbonyl (C=O) groups is 2. The maximum Gasteiger partial charge on any atom is 0.289 e. The predicted octanol–water partition coefficient (Wildman–Crippen LogP) is 4.99. The van der Waals surface area contributed by atoms with Crippen LogP contribution in [0.5, 0.6) is 0 Å². The molecule has 33 heavy (non-hydrogen) atoms. The number of ether oxygens (including phenoxy) is 1. The van der Waals surface area contributed by atoms with Gasteiger partial charge in [-0.2, -0.15) is 0 Å². The molecule has 1 saturated heterocycles. The molecule has 2 amide bonds. The highest BCUT2D eigenvalue weighted by Gasteiger charge is 2.42. The number of nitrogens with zero attached hydrogens (tertiary/aromatic N) is 1. The van der Waals surface area contributed by atoms with Gasteiger partial charge in [-0.3, -0.25) is 9.59 Å². The second-order valence-corrected chi connectivity index (χ2v) is 9.43. The highest BCUT2D eigenvalue weighted by atomic mass is 35.5. The van der Waals surface area contributed by atoms with Crippen molar-refractivity contribution in [3.8, 4) is 0 Å². The summed E-state index contributed by atoms with van der Waals surface area (Å²) < 4.78 is 6.12. The van der Waals surface area contributed by atoms with E-state index in [4.69, 9.17) is 16.3 Å². The van der Waals surface area contributed by atoms with Gasteiger partial charge in [-0.25, -0.2) is 0 Å². The molecule has 1 heterocycles. The number of amides is 2. The highest BCUT2D eigenvalue weighted by Crippen LogP contribution is 2.33. The smallest absolute Gasteiger partial charge is 0.289 e. The van der Waals surface area contributed by atoms with E-state index in [0.717, 1.165) is 44.1 Å². The number of hydrogen-bond acceptors (Lipinski definition) is 3. The summed E-state index contributed by atoms with van der Waals surface area (Å²) in [7, 11) is 0. The first-order valence-corrected chi connectivity index (χ1v) is 12.2. The van der Waals surface area contributed by atoms with Crippen LogP contribution in [-0.4, -0.2) is 41.4 Å². The minimum Gasteiger partial charge on any atom is -0.482 e. The Bertz CT molecular complexity index is 1010. The number of halogens is 1. The standard InChI is InChI=1S/C27H31ClN2O3/c1-19(14-15-20-8-3-2-4-9-20)29-26(31)18-30-23-12-5-6-13-24(23)33-25(27(30)32)17-21-10-7-11-22(28)16-21/h2-4,7-11,16-17,19,23-24H,5-6,12-15,18H2,1H3,(H,29,31)/b25-17+. The average Bonchev–Trinajstić information content (AvgIpc) is 2.81. The van der Waals surface area contributed by atoms with Gasteiger partial charge in [0.1, 0.15) is 12.6 Å². The Labute approximate surface area is 200 Å². The molecule has 4 rings (SSSR count). The molecular formula is C27H31ClN2O3. The number of morpholine rings is 1. The molecule has 1 saturated carbocycles. The molecule has 3 unspecified atom stereocenters. The largest absolute Gasteiger partial charge is 0.482 e. The molecule has 2 fully saturated rings. The van der Waals surface area contributed by atoms with Gasteiger partial charge >= 0.3 is 0 Å². The number of hydrogen-bond donors (Lipinski definition) is 1. The molecule has 1 N–H and O–H groups in total. The summed E-state index contributed by atoms with van der Waals surface area (Å²) in [5, 5.41) is 3.68. The second-order valence-electron chi connectivity index (χ2n) is 9.00. The molecule has 2 aliphatic rings. The van der Waals surface area contributed by atoms with Gasteiger partial charge < -0.3 is 15.0 Å². The molecular weight excluding hydrogens is 436 g/mol. The fourth-order valence-corrected chi connectivity index (χ4v) is 4.88. The van der Waals surface area contributed by atoms with Gasteiger partial charge in [0.25, 0.3) is 5.91 Å². The van der Waals surface area contributed by atoms with Gasteiger partial charge in [0, 0.05) is 11.1 Å². The van der Waals surface area contributed by atoms with E-state index in [2.05, 4.69) is 17.4 Å². The van der Waals surface area contributed by atoms with Crippen LogP contribution in [0.1, 0.15) is 50.2 Å². The van der Waals surface area contributed by atoms with Crippen molar-refractivity contribution in [2.75, 3.05) is 6.54 Å². The van der Waals surface area contributed by atoms with E-state index in [1.807, 2.05) is 37.3 Å². The van der Waals surface area contributed by atoms with Gasteiger partial charge in [-0.05, 0) is 68.4 Å². The molecule has 1 aliphatic heterocycles. The number of fused-ring (bicyclic) bond motifs is 1. The number of nitrogens with one attached hydrogen (secondary N) is 1. The van der Waals surface area contributed by atoms with Crippen LogP contribution in [0.2, 0.25) is 5.02 Å². The van der Waals surface area contributed by atoms with Crippen molar-refractivity contribution in [1.29, 1.82) is 0 Å². The van der Waals surface area contributed by atoms with Crippen molar-refractivity contribution in [3.63, 3.8) is 0 Å². The lowest BCUT2D eigenvalue weighted by molar-refractivity contribution is -0.152. The third-order valence-electron chi connectivity index (χ3n) is 6.39. The van der Waals surface area contributed by atoms with Gasteiger partial charge in [0.05, 0.1) is 6.04 Å². The molecule has 2 aromatic carbocycles. The van der Waals surface area contributed by atoms with Crippen LogP contribution in [0.3, 0.4) is 0 Å². The SMILES string of the molecule is CC(CCc1ccccc1)NC(=O)CN1C(=O)/C(=C\c2cccc(Cl)c2)OC2CCCCC21. The molecule has 2 aromatic rings. The maximum atomic E-state index is 13.3. The lowest BCUT2D eigenvalue weighted by Gasteiger charge is -2.44. The lowest BCUT2D eigenvalue weighted by Crippen LogP contribution is -2.57. The molecule has 1 aliphatic carbocycles. The molecule has 0 aromatic heterocycles. The Morgan fingerprint density at radius 1 is 1.18 bits per heavy atom. The Morgan fingerprint density at radius 3 is 2.76 bits per heavy atom. The topological polar surface area (TPSA) is 58.6 Å². The monoisotopic (exact) mass is 466 g/mol. The van der Waals surface area contributed by atoms with Gasteiger partial charge in [0.15, 0.2) is 5.76 Å². The van der Waals surface area contributed by atoms with Crippen molar-refractivity contribution in [1.82, 2.24) is 10.2 Å². The first-order chi connectivity index (χ1) is 16.0. The van der Waals surface area contributed by atoms with E-state index >= 15 is 0 Å². The number of carbonyl (C=O) groups excluding carboxylic acids is 2. The minimum absolute atomic E-state index is 0.0254. The van der Waals surface area contributed by atoms with E-state index in [-0.39, 0.29) is 42.3 Å². The number of benzene rings is 2. The average molecular weight is 467 g/mol. The Hall–Kier alpha value is -2.79. The van der Waals surface area contributed by atoms with Crippen molar-refractivity contribution in [3.05, 3.63) is 76.5 Å². The van der Waals surface area contributed by atoms with Crippen LogP contribution in [-0.2, 0) is 20.7 Å². The summed E-state index contributed by atoms with van der Waals surface area (Å²) in [6.45, 7) is 2.06. The maximum absolute atomic E-state index is 13.3. The van der Waals surface area contributed by atoms with E-state index in [1.165, 1.54) is 5.56 Å². The van der Waals surface area contributed by atoms with Crippen molar-refractivity contribution in [2.45, 2.75) is 63.6 Å². The molecule has 0 spiro atoms. The predicted molar refractivity (Wildman–Crippen MR) is 131 cm³/mol. The quantitative estimate of drug-likeness (QED) is 0.585. The van der Waals surface area contributed by atoms with Crippen LogP contribution in [0.15, 0.2) is 60.4 Å². The summed E-state index contributed by atoms with van der Waals surface area (Å²) in [6.07, 6.45) is 7.24. The van der Waals surface area contributed by atoms with Gasteiger partial charge in [-0.1, -0.05) is 60.5 Å². The first kappa shape index (κ1) is 23.4. The molecule has 0 radical (unpaired) electrons. The molecule has 174 valence electrons. The van der Waals surface area contributed by atoms with Gasteiger partial charge in [-0.15, -0.1) is 0 Å². The summed E-state index contributed by atoms with van der Waals surface area (Å²) in [6, 6.07) is 17.5. The first-order valence-electron chi connectivity index (χ1n) is 11.8. The minimum atomic E-state index is -0.231. The zero-order valence-corrected chi connectivity index (χ0v) is 19.8. The highest BCUT2D eigenvalue weighted by molar-refractivity contribution is 6.30. The Morgan fingerprint density at radius 2 is 1.97 bits per heavy atom. The van der Waals surface area contributed by atoms with E-state index in [9.17, 15) is 9.59 Å². The number of rotatable bonds is 7. The molecule has 6 heteroatoms. The third-order valence-corrected chi connectivity index (χ3v) is 6.63. The number of aryl methyl sites for hydroxylation is 1. The third kappa shape index (κ3) is 6.17. The van der Waals surface area contributed by atoms with E-state index < -0.39 is 0 Å². The fourth-order valence-electron chi connectivity index (χ4n) is 4.68. The summed E-state index contributed by atoms with van der Waals surface area (Å²) in [5.74, 6) is -0.0761.